The molecule has 51 heavy (non-hydrogen) atoms. The Morgan fingerprint density at radius 2 is 0.549 bits per heavy atom. The molecule has 0 aromatic heterocycles. The van der Waals surface area contributed by atoms with Crippen LogP contribution in [0.15, 0.2) is 0 Å². The summed E-state index contributed by atoms with van der Waals surface area (Å²) in [4.78, 5) is 2.66. The smallest absolute Gasteiger partial charge is 0.157 e. The molecular formula is C46H95NO4. The molecule has 0 aliphatic carbocycles. The molecule has 0 rings (SSSR count). The quantitative estimate of drug-likeness (QED) is 0.0462. The summed E-state index contributed by atoms with van der Waals surface area (Å²) in [6.45, 7) is 18.5. The molecule has 0 aromatic carbocycles. The molecule has 0 heterocycles. The van der Waals surface area contributed by atoms with E-state index in [1.807, 2.05) is 0 Å². The third-order valence-electron chi connectivity index (χ3n) is 10.5. The summed E-state index contributed by atoms with van der Waals surface area (Å²) in [7, 11) is 0. The van der Waals surface area contributed by atoms with Crippen molar-refractivity contribution in [1.29, 1.82) is 0 Å². The zero-order chi connectivity index (χ0) is 37.1. The Labute approximate surface area is 321 Å². The van der Waals surface area contributed by atoms with Gasteiger partial charge < -0.3 is 23.8 Å². The molecule has 5 nitrogen and oxygen atoms in total. The molecule has 0 aliphatic heterocycles. The second-order valence-corrected chi connectivity index (χ2v) is 15.5. The number of ether oxygens (including phenoxy) is 4. The molecule has 0 saturated carbocycles. The molecule has 0 aliphatic rings. The largest absolute Gasteiger partial charge is 0.353 e. The van der Waals surface area contributed by atoms with Crippen molar-refractivity contribution in [2.24, 2.45) is 0 Å². The van der Waals surface area contributed by atoms with Gasteiger partial charge in [-0.15, -0.1) is 0 Å². The molecule has 0 radical (unpaired) electrons. The van der Waals surface area contributed by atoms with Gasteiger partial charge in [0.15, 0.2) is 12.6 Å². The van der Waals surface area contributed by atoms with Crippen molar-refractivity contribution < 1.29 is 18.9 Å². The second kappa shape index (κ2) is 44.2. The Morgan fingerprint density at radius 1 is 0.294 bits per heavy atom. The number of hydrogen-bond acceptors (Lipinski definition) is 5. The molecule has 0 fully saturated rings. The monoisotopic (exact) mass is 726 g/mol. The fourth-order valence-corrected chi connectivity index (χ4v) is 6.89. The summed E-state index contributed by atoms with van der Waals surface area (Å²) in [6.07, 6.45) is 40.9. The first-order chi connectivity index (χ1) is 25.2. The van der Waals surface area contributed by atoms with Gasteiger partial charge in [-0.05, 0) is 83.8 Å². The van der Waals surface area contributed by atoms with Crippen molar-refractivity contribution >= 4 is 0 Å². The maximum absolute atomic E-state index is 6.28. The molecule has 0 aromatic rings. The van der Waals surface area contributed by atoms with Gasteiger partial charge in [0.25, 0.3) is 0 Å². The van der Waals surface area contributed by atoms with Crippen molar-refractivity contribution in [1.82, 2.24) is 4.90 Å². The zero-order valence-electron chi connectivity index (χ0n) is 35.8. The number of rotatable bonds is 45. The molecule has 0 atom stereocenters. The maximum atomic E-state index is 6.28. The maximum Gasteiger partial charge on any atom is 0.157 e. The summed E-state index contributed by atoms with van der Waals surface area (Å²) in [5.74, 6) is 0. The van der Waals surface area contributed by atoms with E-state index in [4.69, 9.17) is 18.9 Å². The summed E-state index contributed by atoms with van der Waals surface area (Å²) < 4.78 is 25.1. The summed E-state index contributed by atoms with van der Waals surface area (Å²) >= 11 is 0. The lowest BCUT2D eigenvalue weighted by Gasteiger charge is -2.22. The van der Waals surface area contributed by atoms with Crippen LogP contribution in [-0.2, 0) is 18.9 Å². The van der Waals surface area contributed by atoms with Crippen molar-refractivity contribution in [2.75, 3.05) is 46.1 Å². The van der Waals surface area contributed by atoms with Gasteiger partial charge >= 0.3 is 0 Å². The van der Waals surface area contributed by atoms with Crippen LogP contribution in [0.5, 0.6) is 0 Å². The van der Waals surface area contributed by atoms with Crippen LogP contribution in [0.2, 0.25) is 0 Å². The molecule has 0 spiro atoms. The Balaban J connectivity index is 4.31. The van der Waals surface area contributed by atoms with E-state index < -0.39 is 0 Å². The molecule has 0 N–H and O–H groups in total. The van der Waals surface area contributed by atoms with Crippen LogP contribution in [0.1, 0.15) is 240 Å². The van der Waals surface area contributed by atoms with Crippen LogP contribution in [-0.4, -0.2) is 63.5 Å². The van der Waals surface area contributed by atoms with Gasteiger partial charge in [-0.1, -0.05) is 176 Å². The number of hydrogen-bond donors (Lipinski definition) is 0. The molecule has 0 unspecified atom stereocenters. The first-order valence-corrected chi connectivity index (χ1v) is 23.4. The average Bonchev–Trinajstić information content (AvgIpc) is 3.14. The van der Waals surface area contributed by atoms with Crippen LogP contribution in [0.4, 0.5) is 0 Å². The molecule has 0 bridgehead atoms. The third-order valence-corrected chi connectivity index (χ3v) is 10.5. The van der Waals surface area contributed by atoms with Crippen LogP contribution in [0.25, 0.3) is 0 Å². The predicted octanol–water partition coefficient (Wildman–Crippen LogP) is 14.6. The van der Waals surface area contributed by atoms with Crippen molar-refractivity contribution in [3.8, 4) is 0 Å². The SMILES string of the molecule is CCCCCCCCOC(CCCCCN(CC)CCCCCC(OCCCCCCCC)OCCCCCCCC)OCCCCCCCC. The molecule has 0 amide bonds. The van der Waals surface area contributed by atoms with Gasteiger partial charge in [0.1, 0.15) is 0 Å². The average molecular weight is 726 g/mol. The summed E-state index contributed by atoms with van der Waals surface area (Å²) in [5.41, 5.74) is 0. The van der Waals surface area contributed by atoms with Gasteiger partial charge in [-0.3, -0.25) is 0 Å². The van der Waals surface area contributed by atoms with Crippen molar-refractivity contribution in [3.05, 3.63) is 0 Å². The Morgan fingerprint density at radius 3 is 0.824 bits per heavy atom. The second-order valence-electron chi connectivity index (χ2n) is 15.5. The van der Waals surface area contributed by atoms with E-state index in [1.165, 1.54) is 206 Å². The molecule has 0 saturated heterocycles. The zero-order valence-corrected chi connectivity index (χ0v) is 35.8. The van der Waals surface area contributed by atoms with E-state index in [0.29, 0.717) is 0 Å². The highest BCUT2D eigenvalue weighted by molar-refractivity contribution is 4.59. The third kappa shape index (κ3) is 39.3. The van der Waals surface area contributed by atoms with Gasteiger partial charge in [-0.2, -0.15) is 0 Å². The van der Waals surface area contributed by atoms with E-state index in [1.54, 1.807) is 0 Å². The lowest BCUT2D eigenvalue weighted by Crippen LogP contribution is -2.26. The van der Waals surface area contributed by atoms with E-state index in [9.17, 15) is 0 Å². The van der Waals surface area contributed by atoms with Gasteiger partial charge in [0.05, 0.1) is 0 Å². The molecule has 5 heteroatoms. The van der Waals surface area contributed by atoms with E-state index in [0.717, 1.165) is 45.8 Å². The molecule has 308 valence electrons. The standard InChI is InChI=1S/C46H95NO4/c1-6-11-15-19-23-33-41-48-45(49-42-34-24-20-16-12-7-2)37-29-27-31-39-47(10-5)40-32-28-30-38-46(50-43-35-25-21-17-13-8-3)51-44-36-26-22-18-14-9-4/h45-46H,6-44H2,1-5H3. The Hall–Kier alpha value is -0.200. The van der Waals surface area contributed by atoms with Crippen molar-refractivity contribution in [3.63, 3.8) is 0 Å². The highest BCUT2D eigenvalue weighted by atomic mass is 16.7. The van der Waals surface area contributed by atoms with Crippen LogP contribution in [0, 0.1) is 0 Å². The van der Waals surface area contributed by atoms with Gasteiger partial charge in [0, 0.05) is 26.4 Å². The first kappa shape index (κ1) is 50.8. The number of nitrogens with zero attached hydrogens (tertiary/aromatic N) is 1. The fourth-order valence-electron chi connectivity index (χ4n) is 6.89. The molecular weight excluding hydrogens is 631 g/mol. The van der Waals surface area contributed by atoms with Gasteiger partial charge in [0.2, 0.25) is 0 Å². The summed E-state index contributed by atoms with van der Waals surface area (Å²) in [5, 5.41) is 0. The summed E-state index contributed by atoms with van der Waals surface area (Å²) in [6, 6.07) is 0. The highest BCUT2D eigenvalue weighted by Gasteiger charge is 2.12. The lowest BCUT2D eigenvalue weighted by atomic mass is 10.1. The van der Waals surface area contributed by atoms with E-state index in [2.05, 4.69) is 39.5 Å². The Bertz CT molecular complexity index is 534. The van der Waals surface area contributed by atoms with Crippen LogP contribution < -0.4 is 0 Å². The van der Waals surface area contributed by atoms with Crippen LogP contribution in [0.3, 0.4) is 0 Å². The predicted molar refractivity (Wildman–Crippen MR) is 224 cm³/mol. The minimum atomic E-state index is -0.00747. The topological polar surface area (TPSA) is 40.2 Å². The number of unbranched alkanes of at least 4 members (excludes halogenated alkanes) is 24. The van der Waals surface area contributed by atoms with Crippen LogP contribution >= 0.6 is 0 Å². The highest BCUT2D eigenvalue weighted by Crippen LogP contribution is 2.16. The minimum absolute atomic E-state index is 0.00747. The van der Waals surface area contributed by atoms with E-state index >= 15 is 0 Å². The minimum Gasteiger partial charge on any atom is -0.353 e. The first-order valence-electron chi connectivity index (χ1n) is 23.4. The van der Waals surface area contributed by atoms with Crippen molar-refractivity contribution in [2.45, 2.75) is 253 Å². The van der Waals surface area contributed by atoms with Gasteiger partial charge in [-0.25, -0.2) is 0 Å². The normalized spacial score (nSPS) is 12.0. The van der Waals surface area contributed by atoms with E-state index in [-0.39, 0.29) is 12.6 Å². The Kier molecular flexibility index (Phi) is 44.0. The fraction of sp³-hybridized carbons (Fsp3) is 1.00. The lowest BCUT2D eigenvalue weighted by molar-refractivity contribution is -0.148.